The number of alkyl halides is 3. The van der Waals surface area contributed by atoms with Crippen LogP contribution in [0.2, 0.25) is 0 Å². The highest BCUT2D eigenvalue weighted by Crippen LogP contribution is 2.44. The summed E-state index contributed by atoms with van der Waals surface area (Å²) >= 11 is 0. The Kier molecular flexibility index (Phi) is 7.02. The summed E-state index contributed by atoms with van der Waals surface area (Å²) in [5.41, 5.74) is -1.50. The van der Waals surface area contributed by atoms with Gasteiger partial charge in [0.2, 0.25) is 0 Å². The van der Waals surface area contributed by atoms with E-state index in [1.165, 1.54) is 25.1 Å². The molecule has 12 heteroatoms. The number of anilines is 2. The van der Waals surface area contributed by atoms with Gasteiger partial charge < -0.3 is 25.0 Å². The zero-order valence-electron chi connectivity index (χ0n) is 19.8. The van der Waals surface area contributed by atoms with Crippen LogP contribution in [0.5, 0.6) is 0 Å². The number of H-pyrrole nitrogens is 1. The second-order valence-electron chi connectivity index (χ2n) is 9.38. The molecule has 0 aromatic carbocycles. The molecule has 0 spiro atoms. The molecule has 3 rings (SSSR count). The molecule has 9 nitrogen and oxygen atoms in total. The highest BCUT2D eigenvalue weighted by Gasteiger charge is 2.41. The molecule has 3 heterocycles. The molecule has 3 N–H and O–H groups in total. The lowest BCUT2D eigenvalue weighted by Crippen LogP contribution is -2.57. The number of methoxy groups -OCH3 is 1. The van der Waals surface area contributed by atoms with E-state index in [1.807, 2.05) is 0 Å². The number of aromatic amines is 1. The van der Waals surface area contributed by atoms with Crippen LogP contribution >= 0.6 is 0 Å². The molecule has 0 bridgehead atoms. The van der Waals surface area contributed by atoms with Crippen molar-refractivity contribution in [1.29, 1.82) is 0 Å². The van der Waals surface area contributed by atoms with Crippen LogP contribution in [0.25, 0.3) is 11.0 Å². The van der Waals surface area contributed by atoms with Gasteiger partial charge in [0.25, 0.3) is 5.91 Å². The highest BCUT2D eigenvalue weighted by molar-refractivity contribution is 6.08. The van der Waals surface area contributed by atoms with E-state index >= 15 is 0 Å². The van der Waals surface area contributed by atoms with Crippen molar-refractivity contribution in [2.75, 3.05) is 30.4 Å². The van der Waals surface area contributed by atoms with Crippen LogP contribution < -0.4 is 10.2 Å². The van der Waals surface area contributed by atoms with E-state index in [0.29, 0.717) is 19.4 Å². The Bertz CT molecular complexity index is 1060. The van der Waals surface area contributed by atoms with Gasteiger partial charge >= 0.3 is 12.3 Å². The van der Waals surface area contributed by atoms with Crippen molar-refractivity contribution < 1.29 is 32.6 Å². The summed E-state index contributed by atoms with van der Waals surface area (Å²) < 4.78 is 47.3. The lowest BCUT2D eigenvalue weighted by molar-refractivity contribution is -0.137. The Hall–Kier alpha value is -3.02. The van der Waals surface area contributed by atoms with Gasteiger partial charge in [0, 0.05) is 38.1 Å². The maximum absolute atomic E-state index is 14.1. The van der Waals surface area contributed by atoms with Gasteiger partial charge in [-0.3, -0.25) is 9.69 Å². The predicted octanol–water partition coefficient (Wildman–Crippen LogP) is 4.30. The van der Waals surface area contributed by atoms with Crippen molar-refractivity contribution in [2.45, 2.75) is 64.4 Å². The molecule has 1 saturated heterocycles. The zero-order valence-corrected chi connectivity index (χ0v) is 19.8. The number of ether oxygens (including phenoxy) is 1. The van der Waals surface area contributed by atoms with Gasteiger partial charge in [-0.15, -0.1) is 0 Å². The summed E-state index contributed by atoms with van der Waals surface area (Å²) in [5, 5.41) is 12.5. The summed E-state index contributed by atoms with van der Waals surface area (Å²) in [7, 11) is 1.35. The van der Waals surface area contributed by atoms with Crippen molar-refractivity contribution in [3.63, 3.8) is 0 Å². The Morgan fingerprint density at radius 2 is 2.03 bits per heavy atom. The SMILES string of the molecule is CO[C@H](C)C(=O)Nc1c[nH]c2ncc(C(F)(F)F)c(N3CCC[C@@H](N(C(=O)O)C(C)(C)C)C3)c12. The van der Waals surface area contributed by atoms with E-state index in [0.717, 1.165) is 6.20 Å². The summed E-state index contributed by atoms with van der Waals surface area (Å²) in [6.45, 7) is 7.14. The van der Waals surface area contributed by atoms with Gasteiger partial charge in [-0.25, -0.2) is 9.78 Å². The molecule has 2 amide bonds. The van der Waals surface area contributed by atoms with Crippen molar-refractivity contribution in [2.24, 2.45) is 0 Å². The summed E-state index contributed by atoms with van der Waals surface area (Å²) in [6, 6.07) is -0.513. The fourth-order valence-electron chi connectivity index (χ4n) is 4.41. The molecule has 2 aromatic rings. The van der Waals surface area contributed by atoms with E-state index < -0.39 is 41.4 Å². The molecule has 34 heavy (non-hydrogen) atoms. The molecule has 2 atom stereocenters. The van der Waals surface area contributed by atoms with Crippen molar-refractivity contribution in [1.82, 2.24) is 14.9 Å². The maximum atomic E-state index is 14.1. The largest absolute Gasteiger partial charge is 0.465 e. The third kappa shape index (κ3) is 5.06. The first-order valence-electron chi connectivity index (χ1n) is 10.9. The molecule has 2 aromatic heterocycles. The number of carbonyl (C=O) groups excluding carboxylic acids is 1. The number of hydrogen-bond donors (Lipinski definition) is 3. The van der Waals surface area contributed by atoms with Crippen LogP contribution in [-0.4, -0.2) is 69.9 Å². The van der Waals surface area contributed by atoms with Crippen LogP contribution in [-0.2, 0) is 15.7 Å². The fourth-order valence-corrected chi connectivity index (χ4v) is 4.41. The number of aromatic nitrogens is 2. The van der Waals surface area contributed by atoms with Gasteiger partial charge in [-0.2, -0.15) is 13.2 Å². The number of amides is 2. The van der Waals surface area contributed by atoms with Crippen molar-refractivity contribution >= 4 is 34.4 Å². The maximum Gasteiger partial charge on any atom is 0.419 e. The highest BCUT2D eigenvalue weighted by atomic mass is 19.4. The molecule has 0 saturated carbocycles. The minimum absolute atomic E-state index is 0.0683. The number of halogens is 3. The number of carbonyl (C=O) groups is 2. The van der Waals surface area contributed by atoms with Gasteiger partial charge in [-0.1, -0.05) is 0 Å². The van der Waals surface area contributed by atoms with Gasteiger partial charge in [0.1, 0.15) is 11.8 Å². The van der Waals surface area contributed by atoms with Crippen LogP contribution in [0.15, 0.2) is 12.4 Å². The average molecular weight is 486 g/mol. The molecule has 1 aliphatic rings. The molecule has 0 unspecified atom stereocenters. The number of nitrogens with zero attached hydrogens (tertiary/aromatic N) is 3. The summed E-state index contributed by atoms with van der Waals surface area (Å²) in [4.78, 5) is 34.0. The van der Waals surface area contributed by atoms with E-state index in [2.05, 4.69) is 15.3 Å². The number of fused-ring (bicyclic) bond motifs is 1. The Morgan fingerprint density at radius 3 is 2.59 bits per heavy atom. The normalized spacial score (nSPS) is 18.1. The lowest BCUT2D eigenvalue weighted by atomic mass is 9.96. The van der Waals surface area contributed by atoms with Crippen molar-refractivity contribution in [3.05, 3.63) is 18.0 Å². The third-order valence-electron chi connectivity index (χ3n) is 5.97. The molecule has 188 valence electrons. The van der Waals surface area contributed by atoms with Gasteiger partial charge in [-0.05, 0) is 40.5 Å². The molecule has 1 fully saturated rings. The second-order valence-corrected chi connectivity index (χ2v) is 9.38. The number of carboxylic acid groups (broad SMARTS) is 1. The average Bonchev–Trinajstić information content (AvgIpc) is 3.13. The van der Waals surface area contributed by atoms with Crippen LogP contribution in [0.1, 0.15) is 46.1 Å². The quantitative estimate of drug-likeness (QED) is 0.582. The van der Waals surface area contributed by atoms with E-state index in [4.69, 9.17) is 4.74 Å². The number of nitrogens with one attached hydrogen (secondary N) is 2. The first-order valence-corrected chi connectivity index (χ1v) is 10.9. The van der Waals surface area contributed by atoms with E-state index in [1.54, 1.807) is 25.7 Å². The first-order chi connectivity index (χ1) is 15.8. The molecule has 1 aliphatic heterocycles. The van der Waals surface area contributed by atoms with Crippen molar-refractivity contribution in [3.8, 4) is 0 Å². The van der Waals surface area contributed by atoms with Gasteiger partial charge in [0.05, 0.1) is 28.4 Å². The minimum atomic E-state index is -4.71. The number of piperidine rings is 1. The topological polar surface area (TPSA) is 111 Å². The molecule has 0 aliphatic carbocycles. The standard InChI is InChI=1S/C22H30F3N5O4/c1-12(34-5)19(31)28-15-10-27-18-16(15)17(14(9-26-18)22(23,24)25)29-8-6-7-13(11-29)30(20(32)33)21(2,3)4/h9-10,12-13H,6-8,11H2,1-5H3,(H,26,27)(H,28,31)(H,32,33)/t12-,13-/m1/s1. The fraction of sp³-hybridized carbons (Fsp3) is 0.591. The number of pyridine rings is 1. The van der Waals surface area contributed by atoms with E-state index in [9.17, 15) is 27.9 Å². The monoisotopic (exact) mass is 485 g/mol. The Morgan fingerprint density at radius 1 is 1.35 bits per heavy atom. The Labute approximate surface area is 195 Å². The smallest absolute Gasteiger partial charge is 0.419 e. The Balaban J connectivity index is 2.13. The number of rotatable bonds is 5. The molecular weight excluding hydrogens is 455 g/mol. The zero-order chi connectivity index (χ0) is 25.4. The molecular formula is C22H30F3N5O4. The first kappa shape index (κ1) is 25.6. The third-order valence-corrected chi connectivity index (χ3v) is 5.97. The van der Waals surface area contributed by atoms with Crippen LogP contribution in [0.3, 0.4) is 0 Å². The predicted molar refractivity (Wildman–Crippen MR) is 121 cm³/mol. The summed E-state index contributed by atoms with van der Waals surface area (Å²) in [6.07, 6.45) is -3.48. The van der Waals surface area contributed by atoms with Crippen LogP contribution in [0, 0.1) is 0 Å². The molecule has 0 radical (unpaired) electrons. The minimum Gasteiger partial charge on any atom is -0.465 e. The van der Waals surface area contributed by atoms with Gasteiger partial charge in [0.15, 0.2) is 0 Å². The summed E-state index contributed by atoms with van der Waals surface area (Å²) in [5.74, 6) is -0.520. The van der Waals surface area contributed by atoms with Crippen LogP contribution in [0.4, 0.5) is 29.3 Å². The second kappa shape index (κ2) is 9.32. The number of hydrogen-bond acceptors (Lipinski definition) is 5. The lowest BCUT2D eigenvalue weighted by Gasteiger charge is -2.45. The van der Waals surface area contributed by atoms with E-state index in [-0.39, 0.29) is 29.0 Å².